The van der Waals surface area contributed by atoms with Crippen molar-refractivity contribution in [3.63, 3.8) is 0 Å². The molecule has 5 nitrogen and oxygen atoms in total. The van der Waals surface area contributed by atoms with Crippen molar-refractivity contribution >= 4 is 17.0 Å². The highest BCUT2D eigenvalue weighted by atomic mass is 19.4. The molecule has 0 aliphatic carbocycles. The molecule has 3 aromatic rings. The Kier molecular flexibility index (Phi) is 4.33. The third-order valence-corrected chi connectivity index (χ3v) is 4.74. The molecule has 2 aromatic heterocycles. The number of likely N-dealkylation sites (tertiary alicyclic amines) is 1. The molecule has 1 aliphatic rings. The van der Waals surface area contributed by atoms with Crippen molar-refractivity contribution in [2.75, 3.05) is 13.1 Å². The lowest BCUT2D eigenvalue weighted by Crippen LogP contribution is -2.38. The van der Waals surface area contributed by atoms with Gasteiger partial charge in [-0.2, -0.15) is 13.2 Å². The van der Waals surface area contributed by atoms with Crippen LogP contribution in [0.15, 0.2) is 47.0 Å². The largest absolute Gasteiger partial charge is 0.440 e. The predicted molar refractivity (Wildman–Crippen MR) is 91.1 cm³/mol. The van der Waals surface area contributed by atoms with Gasteiger partial charge in [0, 0.05) is 25.2 Å². The molecule has 140 valence electrons. The number of hydrogen-bond acceptors (Lipinski definition) is 4. The van der Waals surface area contributed by atoms with E-state index in [4.69, 9.17) is 4.42 Å². The van der Waals surface area contributed by atoms with Gasteiger partial charge in [0.2, 0.25) is 0 Å². The van der Waals surface area contributed by atoms with Crippen LogP contribution in [0.4, 0.5) is 13.2 Å². The van der Waals surface area contributed by atoms with Crippen LogP contribution in [0.3, 0.4) is 0 Å². The van der Waals surface area contributed by atoms with Gasteiger partial charge >= 0.3 is 6.18 Å². The molecule has 1 saturated heterocycles. The molecule has 8 heteroatoms. The number of fused-ring (bicyclic) bond motifs is 1. The Labute approximate surface area is 152 Å². The molecule has 0 N–H and O–H groups in total. The number of alkyl halides is 3. The van der Waals surface area contributed by atoms with Gasteiger partial charge in [0.25, 0.3) is 5.91 Å². The fraction of sp³-hybridized carbons (Fsp3) is 0.316. The summed E-state index contributed by atoms with van der Waals surface area (Å²) in [6, 6.07) is 9.54. The maximum absolute atomic E-state index is 12.6. The third-order valence-electron chi connectivity index (χ3n) is 4.74. The molecule has 1 amide bonds. The molecule has 27 heavy (non-hydrogen) atoms. The van der Waals surface area contributed by atoms with Crippen LogP contribution in [0.2, 0.25) is 0 Å². The summed E-state index contributed by atoms with van der Waals surface area (Å²) in [5, 5.41) is 0. The lowest BCUT2D eigenvalue weighted by Gasteiger charge is -2.30. The first kappa shape index (κ1) is 17.5. The first-order valence-corrected chi connectivity index (χ1v) is 8.60. The van der Waals surface area contributed by atoms with Crippen molar-refractivity contribution in [2.24, 2.45) is 0 Å². The minimum absolute atomic E-state index is 0.118. The van der Waals surface area contributed by atoms with E-state index < -0.39 is 11.9 Å². The summed E-state index contributed by atoms with van der Waals surface area (Å²) in [5.41, 5.74) is 0.695. The van der Waals surface area contributed by atoms with E-state index in [1.807, 2.05) is 24.3 Å². The number of halogens is 3. The number of aromatic nitrogens is 2. The summed E-state index contributed by atoms with van der Waals surface area (Å²) in [4.78, 5) is 22.0. The van der Waals surface area contributed by atoms with E-state index in [1.54, 1.807) is 4.90 Å². The fourth-order valence-electron chi connectivity index (χ4n) is 3.26. The number of hydrogen-bond donors (Lipinski definition) is 0. The Bertz CT molecular complexity index is 925. The van der Waals surface area contributed by atoms with Gasteiger partial charge in [-0.05, 0) is 37.1 Å². The SMILES string of the molecule is O=C(c1ccc(C(F)(F)F)nc1)N1CCC(c2nc3ccccc3o2)CC1. The second kappa shape index (κ2) is 6.68. The lowest BCUT2D eigenvalue weighted by molar-refractivity contribution is -0.141. The van der Waals surface area contributed by atoms with Crippen molar-refractivity contribution in [1.29, 1.82) is 0 Å². The lowest BCUT2D eigenvalue weighted by atomic mass is 9.96. The van der Waals surface area contributed by atoms with Gasteiger partial charge in [-0.15, -0.1) is 0 Å². The third kappa shape index (κ3) is 3.51. The maximum atomic E-state index is 12.6. The minimum atomic E-state index is -4.51. The van der Waals surface area contributed by atoms with E-state index in [1.165, 1.54) is 6.07 Å². The molecule has 4 rings (SSSR count). The zero-order valence-electron chi connectivity index (χ0n) is 14.2. The van der Waals surface area contributed by atoms with Crippen LogP contribution in [-0.2, 0) is 6.18 Å². The summed E-state index contributed by atoms with van der Waals surface area (Å²) in [6.45, 7) is 0.979. The van der Waals surface area contributed by atoms with Gasteiger partial charge in [-0.1, -0.05) is 12.1 Å². The standard InChI is InChI=1S/C19H16F3N3O2/c20-19(21,22)16-6-5-13(11-23-16)18(26)25-9-7-12(8-10-25)17-24-14-3-1-2-4-15(14)27-17/h1-6,11-12H,7-10H2. The highest BCUT2D eigenvalue weighted by Gasteiger charge is 2.33. The van der Waals surface area contributed by atoms with E-state index in [9.17, 15) is 18.0 Å². The monoisotopic (exact) mass is 375 g/mol. The first-order valence-electron chi connectivity index (χ1n) is 8.60. The number of carbonyl (C=O) groups is 1. The van der Waals surface area contributed by atoms with Crippen molar-refractivity contribution < 1.29 is 22.4 Å². The summed E-state index contributed by atoms with van der Waals surface area (Å²) >= 11 is 0. The number of amides is 1. The normalized spacial score (nSPS) is 16.0. The number of oxazole rings is 1. The van der Waals surface area contributed by atoms with Crippen molar-refractivity contribution in [3.8, 4) is 0 Å². The zero-order chi connectivity index (χ0) is 19.0. The van der Waals surface area contributed by atoms with Crippen LogP contribution in [0.5, 0.6) is 0 Å². The number of carbonyl (C=O) groups excluding carboxylic acids is 1. The van der Waals surface area contributed by atoms with Crippen LogP contribution >= 0.6 is 0 Å². The van der Waals surface area contributed by atoms with E-state index in [0.29, 0.717) is 31.8 Å². The molecule has 0 atom stereocenters. The van der Waals surface area contributed by atoms with Crippen molar-refractivity contribution in [1.82, 2.24) is 14.9 Å². The number of benzene rings is 1. The van der Waals surface area contributed by atoms with Gasteiger partial charge in [-0.3, -0.25) is 9.78 Å². The van der Waals surface area contributed by atoms with Crippen LogP contribution < -0.4 is 0 Å². The molecule has 3 heterocycles. The number of para-hydroxylation sites is 2. The second-order valence-corrected chi connectivity index (χ2v) is 6.52. The van der Waals surface area contributed by atoms with Gasteiger partial charge in [0.15, 0.2) is 11.5 Å². The second-order valence-electron chi connectivity index (χ2n) is 6.52. The zero-order valence-corrected chi connectivity index (χ0v) is 14.2. The van der Waals surface area contributed by atoms with E-state index >= 15 is 0 Å². The average Bonchev–Trinajstić information content (AvgIpc) is 3.11. The Morgan fingerprint density at radius 3 is 2.48 bits per heavy atom. The van der Waals surface area contributed by atoms with Gasteiger partial charge in [0.1, 0.15) is 11.2 Å². The van der Waals surface area contributed by atoms with E-state index in [2.05, 4.69) is 9.97 Å². The van der Waals surface area contributed by atoms with Crippen LogP contribution in [0.25, 0.3) is 11.1 Å². The molecule has 0 spiro atoms. The Morgan fingerprint density at radius 1 is 1.11 bits per heavy atom. The van der Waals surface area contributed by atoms with E-state index in [-0.39, 0.29) is 17.4 Å². The topological polar surface area (TPSA) is 59.2 Å². The molecule has 1 aromatic carbocycles. The average molecular weight is 375 g/mol. The minimum Gasteiger partial charge on any atom is -0.440 e. The molecular formula is C19H16F3N3O2. The number of pyridine rings is 1. The summed E-state index contributed by atoms with van der Waals surface area (Å²) in [6.07, 6.45) is -2.16. The van der Waals surface area contributed by atoms with E-state index in [0.717, 1.165) is 23.4 Å². The molecular weight excluding hydrogens is 359 g/mol. The molecule has 0 saturated carbocycles. The fourth-order valence-corrected chi connectivity index (χ4v) is 3.26. The van der Waals surface area contributed by atoms with Gasteiger partial charge in [-0.25, -0.2) is 4.98 Å². The number of piperidine rings is 1. The Balaban J connectivity index is 1.42. The van der Waals surface area contributed by atoms with Crippen molar-refractivity contribution in [3.05, 3.63) is 59.7 Å². The quantitative estimate of drug-likeness (QED) is 0.672. The molecule has 0 bridgehead atoms. The van der Waals surface area contributed by atoms with Crippen molar-refractivity contribution in [2.45, 2.75) is 24.9 Å². The van der Waals surface area contributed by atoms with Gasteiger partial charge < -0.3 is 9.32 Å². The molecule has 1 aliphatic heterocycles. The van der Waals surface area contributed by atoms with Gasteiger partial charge in [0.05, 0.1) is 5.56 Å². The summed E-state index contributed by atoms with van der Waals surface area (Å²) in [7, 11) is 0. The predicted octanol–water partition coefficient (Wildman–Crippen LogP) is 4.26. The van der Waals surface area contributed by atoms with Crippen LogP contribution in [0, 0.1) is 0 Å². The van der Waals surface area contributed by atoms with Crippen LogP contribution in [0.1, 0.15) is 40.7 Å². The molecule has 0 radical (unpaired) electrons. The molecule has 0 unspecified atom stereocenters. The highest BCUT2D eigenvalue weighted by Crippen LogP contribution is 2.31. The number of nitrogens with zero attached hydrogens (tertiary/aromatic N) is 3. The Morgan fingerprint density at radius 2 is 1.85 bits per heavy atom. The summed E-state index contributed by atoms with van der Waals surface area (Å²) in [5.74, 6) is 0.471. The first-order chi connectivity index (χ1) is 12.9. The molecule has 1 fully saturated rings. The highest BCUT2D eigenvalue weighted by molar-refractivity contribution is 5.94. The number of rotatable bonds is 2. The Hall–Kier alpha value is -2.90. The van der Waals surface area contributed by atoms with Crippen LogP contribution in [-0.4, -0.2) is 33.9 Å². The summed E-state index contributed by atoms with van der Waals surface area (Å²) < 4.78 is 43.6. The maximum Gasteiger partial charge on any atom is 0.433 e. The smallest absolute Gasteiger partial charge is 0.433 e.